The summed E-state index contributed by atoms with van der Waals surface area (Å²) in [6.07, 6.45) is 10.5. The van der Waals surface area contributed by atoms with Gasteiger partial charge in [0.05, 0.1) is 25.9 Å². The van der Waals surface area contributed by atoms with Crippen molar-refractivity contribution in [2.75, 3.05) is 20.2 Å². The van der Waals surface area contributed by atoms with Gasteiger partial charge in [-0.3, -0.25) is 9.69 Å². The van der Waals surface area contributed by atoms with Gasteiger partial charge in [-0.05, 0) is 74.0 Å². The van der Waals surface area contributed by atoms with Crippen LogP contribution in [0.5, 0.6) is 5.75 Å². The molecular formula is C31H41NO5. The molecule has 2 aromatic rings. The smallest absolute Gasteiger partial charge is 0.303 e. The van der Waals surface area contributed by atoms with Gasteiger partial charge in [-0.15, -0.1) is 0 Å². The summed E-state index contributed by atoms with van der Waals surface area (Å²) in [5, 5.41) is 19.9. The highest BCUT2D eigenvalue weighted by Gasteiger charge is 2.45. The van der Waals surface area contributed by atoms with Crippen LogP contribution in [0.4, 0.5) is 0 Å². The van der Waals surface area contributed by atoms with E-state index in [0.29, 0.717) is 19.4 Å². The number of rotatable bonds is 12. The molecule has 2 aliphatic rings. The number of carboxylic acids is 1. The number of piperidine rings is 1. The van der Waals surface area contributed by atoms with Crippen LogP contribution in [-0.2, 0) is 16.1 Å². The third-order valence-electron chi connectivity index (χ3n) is 7.80. The van der Waals surface area contributed by atoms with Crippen LogP contribution in [0.3, 0.4) is 0 Å². The molecule has 1 saturated heterocycles. The number of aliphatic hydroxyl groups is 1. The Morgan fingerprint density at radius 3 is 2.27 bits per heavy atom. The lowest BCUT2D eigenvalue weighted by Crippen LogP contribution is -2.47. The molecule has 0 radical (unpaired) electrons. The number of hydrogen-bond donors (Lipinski definition) is 2. The monoisotopic (exact) mass is 507 g/mol. The number of allylic oxidation sites excluding steroid dienone is 2. The maximum absolute atomic E-state index is 11.1. The summed E-state index contributed by atoms with van der Waals surface area (Å²) >= 11 is 0. The molecule has 4 atom stereocenters. The molecule has 2 N–H and O–H groups in total. The van der Waals surface area contributed by atoms with E-state index >= 15 is 0 Å². The van der Waals surface area contributed by atoms with E-state index in [1.807, 2.05) is 18.2 Å². The number of likely N-dealkylation sites (tertiary alicyclic amines) is 1. The van der Waals surface area contributed by atoms with Crippen LogP contribution in [0.2, 0.25) is 0 Å². The van der Waals surface area contributed by atoms with Crippen molar-refractivity contribution in [1.82, 2.24) is 4.90 Å². The fourth-order valence-corrected chi connectivity index (χ4v) is 5.85. The van der Waals surface area contributed by atoms with Crippen LogP contribution < -0.4 is 4.74 Å². The number of benzene rings is 2. The van der Waals surface area contributed by atoms with Gasteiger partial charge in [0, 0.05) is 24.8 Å². The second-order valence-corrected chi connectivity index (χ2v) is 10.3. The predicted molar refractivity (Wildman–Crippen MR) is 146 cm³/mol. The van der Waals surface area contributed by atoms with E-state index in [0.717, 1.165) is 48.4 Å². The lowest BCUT2D eigenvalue weighted by Gasteiger charge is -2.38. The Bertz CT molecular complexity index is 997. The second-order valence-electron chi connectivity index (χ2n) is 10.3. The molecule has 0 bridgehead atoms. The van der Waals surface area contributed by atoms with Crippen molar-refractivity contribution >= 4 is 5.97 Å². The van der Waals surface area contributed by atoms with Gasteiger partial charge in [0.2, 0.25) is 0 Å². The van der Waals surface area contributed by atoms with Gasteiger partial charge in [0.1, 0.15) is 5.75 Å². The number of ether oxygens (including phenoxy) is 2. The fraction of sp³-hybridized carbons (Fsp3) is 0.516. The average molecular weight is 508 g/mol. The molecule has 1 aliphatic heterocycles. The number of aliphatic hydroxyl groups excluding tert-OH is 1. The van der Waals surface area contributed by atoms with E-state index in [9.17, 15) is 9.90 Å². The van der Waals surface area contributed by atoms with Crippen molar-refractivity contribution in [2.24, 2.45) is 5.92 Å². The molecule has 0 amide bonds. The number of methoxy groups -OCH3 is 1. The average Bonchev–Trinajstić information content (AvgIpc) is 3.24. The third kappa shape index (κ3) is 7.67. The molecule has 2 fully saturated rings. The van der Waals surface area contributed by atoms with Gasteiger partial charge < -0.3 is 19.7 Å². The maximum Gasteiger partial charge on any atom is 0.303 e. The second kappa shape index (κ2) is 13.8. The van der Waals surface area contributed by atoms with Crippen molar-refractivity contribution in [1.29, 1.82) is 0 Å². The van der Waals surface area contributed by atoms with Crippen LogP contribution in [-0.4, -0.2) is 59.5 Å². The van der Waals surface area contributed by atoms with Crippen molar-refractivity contribution in [3.63, 3.8) is 0 Å². The Labute approximate surface area is 220 Å². The molecule has 0 unspecified atom stereocenters. The summed E-state index contributed by atoms with van der Waals surface area (Å²) in [5.74, 6) is 0.343. The summed E-state index contributed by atoms with van der Waals surface area (Å²) < 4.78 is 11.7. The summed E-state index contributed by atoms with van der Waals surface area (Å²) in [7, 11) is 1.67. The molecule has 1 heterocycles. The SMILES string of the molecule is COc1ccc(-c2ccc(CO[C@H]3C[C@H](O)[C@H](N4CCCCC4)[C@H]3CC/C=C\CCC(=O)O)cc2)cc1. The number of aliphatic carboxylic acids is 1. The van der Waals surface area contributed by atoms with Crippen molar-refractivity contribution in [2.45, 2.75) is 76.2 Å². The Balaban J connectivity index is 1.37. The molecule has 37 heavy (non-hydrogen) atoms. The first kappa shape index (κ1) is 27.4. The first-order valence-corrected chi connectivity index (χ1v) is 13.7. The molecule has 0 aromatic heterocycles. The summed E-state index contributed by atoms with van der Waals surface area (Å²) in [5.41, 5.74) is 3.42. The zero-order valence-corrected chi connectivity index (χ0v) is 21.9. The van der Waals surface area contributed by atoms with Gasteiger partial charge in [0.15, 0.2) is 0 Å². The molecule has 6 heteroatoms. The van der Waals surface area contributed by atoms with Crippen LogP contribution in [0.25, 0.3) is 11.1 Å². The minimum atomic E-state index is -0.765. The largest absolute Gasteiger partial charge is 0.497 e. The van der Waals surface area contributed by atoms with Crippen LogP contribution in [0, 0.1) is 5.92 Å². The Kier molecular flexibility index (Phi) is 10.2. The number of hydrogen-bond acceptors (Lipinski definition) is 5. The molecule has 4 rings (SSSR count). The van der Waals surface area contributed by atoms with Crippen molar-refractivity contribution in [3.8, 4) is 16.9 Å². The van der Waals surface area contributed by atoms with Gasteiger partial charge in [-0.1, -0.05) is 55.0 Å². The van der Waals surface area contributed by atoms with E-state index in [2.05, 4.69) is 47.4 Å². The van der Waals surface area contributed by atoms with Gasteiger partial charge in [0.25, 0.3) is 0 Å². The first-order chi connectivity index (χ1) is 18.0. The van der Waals surface area contributed by atoms with Crippen LogP contribution in [0.1, 0.15) is 56.9 Å². The highest BCUT2D eigenvalue weighted by atomic mass is 16.5. The summed E-state index contributed by atoms with van der Waals surface area (Å²) in [6, 6.07) is 16.7. The van der Waals surface area contributed by atoms with Gasteiger partial charge in [-0.2, -0.15) is 0 Å². The molecule has 1 aliphatic carbocycles. The zero-order chi connectivity index (χ0) is 26.0. The van der Waals surface area contributed by atoms with Crippen LogP contribution in [0.15, 0.2) is 60.7 Å². The third-order valence-corrected chi connectivity index (χ3v) is 7.80. The van der Waals surface area contributed by atoms with E-state index in [-0.39, 0.29) is 30.6 Å². The predicted octanol–water partition coefficient (Wildman–Crippen LogP) is 5.68. The highest BCUT2D eigenvalue weighted by molar-refractivity contribution is 5.66. The van der Waals surface area contributed by atoms with E-state index < -0.39 is 5.97 Å². The summed E-state index contributed by atoms with van der Waals surface area (Å²) in [4.78, 5) is 13.2. The standard InChI is InChI=1S/C31H41NO5/c1-36-26-17-15-25(16-18-26)24-13-11-23(12-14-24)22-37-29-21-28(33)31(32-19-7-4-8-20-32)27(29)9-5-2-3-6-10-30(34)35/h2-3,11-18,27-29,31,33H,4-10,19-22H2,1H3,(H,34,35)/b3-2-/t27-,28-,29-,31+/m0/s1. The molecule has 0 spiro atoms. The van der Waals surface area contributed by atoms with Crippen molar-refractivity contribution in [3.05, 3.63) is 66.2 Å². The Hall–Kier alpha value is -2.67. The maximum atomic E-state index is 11.1. The van der Waals surface area contributed by atoms with E-state index in [1.165, 1.54) is 19.3 Å². The number of carbonyl (C=O) groups is 1. The van der Waals surface area contributed by atoms with Gasteiger partial charge >= 0.3 is 5.97 Å². The molecular weight excluding hydrogens is 466 g/mol. The lowest BCUT2D eigenvalue weighted by atomic mass is 9.92. The van der Waals surface area contributed by atoms with Crippen LogP contribution >= 0.6 is 0 Å². The summed E-state index contributed by atoms with van der Waals surface area (Å²) in [6.45, 7) is 2.62. The molecule has 1 saturated carbocycles. The minimum absolute atomic E-state index is 0.00982. The number of carboxylic acid groups (broad SMARTS) is 1. The number of nitrogens with zero attached hydrogens (tertiary/aromatic N) is 1. The molecule has 200 valence electrons. The topological polar surface area (TPSA) is 79.2 Å². The Morgan fingerprint density at radius 2 is 1.62 bits per heavy atom. The van der Waals surface area contributed by atoms with Gasteiger partial charge in [-0.25, -0.2) is 0 Å². The highest BCUT2D eigenvalue weighted by Crippen LogP contribution is 2.38. The normalized spacial score (nSPS) is 24.5. The Morgan fingerprint density at radius 1 is 0.973 bits per heavy atom. The minimum Gasteiger partial charge on any atom is -0.497 e. The van der Waals surface area contributed by atoms with E-state index in [1.54, 1.807) is 7.11 Å². The molecule has 2 aromatic carbocycles. The lowest BCUT2D eigenvalue weighted by molar-refractivity contribution is -0.136. The van der Waals surface area contributed by atoms with Crippen molar-refractivity contribution < 1.29 is 24.5 Å². The first-order valence-electron chi connectivity index (χ1n) is 13.7. The fourth-order valence-electron chi connectivity index (χ4n) is 5.85. The quantitative estimate of drug-likeness (QED) is 0.360. The zero-order valence-electron chi connectivity index (χ0n) is 21.9. The molecule has 6 nitrogen and oxygen atoms in total. The van der Waals surface area contributed by atoms with E-state index in [4.69, 9.17) is 14.6 Å².